The van der Waals surface area contributed by atoms with Crippen molar-refractivity contribution in [2.24, 2.45) is 0 Å². The summed E-state index contributed by atoms with van der Waals surface area (Å²) in [5.41, 5.74) is 3.24. The number of quaternary nitrogens is 1. The highest BCUT2D eigenvalue weighted by molar-refractivity contribution is 6.46. The highest BCUT2D eigenvalue weighted by Crippen LogP contribution is 2.39. The molecule has 1 unspecified atom stereocenters. The summed E-state index contributed by atoms with van der Waals surface area (Å²) < 4.78 is 1.72. The fourth-order valence-electron chi connectivity index (χ4n) is 4.40. The van der Waals surface area contributed by atoms with Gasteiger partial charge in [0.25, 0.3) is 5.91 Å². The van der Waals surface area contributed by atoms with Crippen LogP contribution in [0.25, 0.3) is 11.4 Å². The van der Waals surface area contributed by atoms with E-state index in [0.717, 1.165) is 24.1 Å². The van der Waals surface area contributed by atoms with E-state index in [-0.39, 0.29) is 5.57 Å². The second-order valence-electron chi connectivity index (χ2n) is 8.62. The Morgan fingerprint density at radius 3 is 2.50 bits per heavy atom. The third-order valence-corrected chi connectivity index (χ3v) is 5.96. The second-order valence-corrected chi connectivity index (χ2v) is 8.62. The van der Waals surface area contributed by atoms with Crippen molar-refractivity contribution in [2.75, 3.05) is 27.2 Å². The predicted octanol–water partition coefficient (Wildman–Crippen LogP) is 0.710. The fraction of sp³-hybridized carbons (Fsp3) is 0.320. The van der Waals surface area contributed by atoms with Crippen LogP contribution >= 0.6 is 0 Å². The van der Waals surface area contributed by atoms with Crippen molar-refractivity contribution in [3.05, 3.63) is 76.7 Å². The number of hydrogen-bond acceptors (Lipinski definition) is 4. The van der Waals surface area contributed by atoms with Gasteiger partial charge in [0.1, 0.15) is 5.65 Å². The smallest absolute Gasteiger partial charge is 0.295 e. The monoisotopic (exact) mass is 432 g/mol. The molecule has 1 aliphatic rings. The number of benzene rings is 1. The van der Waals surface area contributed by atoms with Gasteiger partial charge in [-0.05, 0) is 31.0 Å². The van der Waals surface area contributed by atoms with Crippen LogP contribution in [0.15, 0.2) is 54.2 Å². The number of nitrogens with zero attached hydrogens (tertiary/aromatic N) is 3. The Bertz CT molecular complexity index is 1210. The van der Waals surface area contributed by atoms with E-state index in [0.29, 0.717) is 23.6 Å². The molecular formula is C25H28N4O3. The number of rotatable bonds is 6. The number of carbonyl (C=O) groups is 2. The standard InChI is InChI=1S/C25H28N4O3/c1-16-10-8-14-28-20(17(2)26-24(16)28)22(30)19-21(18-11-6-5-7-12-18)29(25(32)23(19)31)15-9-13-27(3)4/h5-8,10-12,14,21,30H,9,13,15H2,1-4H3. The SMILES string of the molecule is Cc1nc2c(C)cccn2c1C([O-])=C1C(=O)C(=O)N(CCC[NH+](C)C)C1c1ccccc1. The van der Waals surface area contributed by atoms with Crippen molar-refractivity contribution >= 4 is 23.1 Å². The molecule has 1 atom stereocenters. The Morgan fingerprint density at radius 1 is 1.09 bits per heavy atom. The van der Waals surface area contributed by atoms with E-state index in [9.17, 15) is 14.7 Å². The molecule has 166 valence electrons. The van der Waals surface area contributed by atoms with Gasteiger partial charge in [0.15, 0.2) is 0 Å². The normalized spacial score (nSPS) is 18.3. The number of pyridine rings is 1. The number of amides is 1. The van der Waals surface area contributed by atoms with Gasteiger partial charge in [0.2, 0.25) is 5.78 Å². The summed E-state index contributed by atoms with van der Waals surface area (Å²) in [6.07, 6.45) is 2.51. The molecule has 1 N–H and O–H groups in total. The van der Waals surface area contributed by atoms with E-state index in [1.165, 1.54) is 4.90 Å². The molecule has 0 radical (unpaired) electrons. The maximum Gasteiger partial charge on any atom is 0.295 e. The Morgan fingerprint density at radius 2 is 1.81 bits per heavy atom. The molecule has 1 aliphatic heterocycles. The van der Waals surface area contributed by atoms with Gasteiger partial charge >= 0.3 is 0 Å². The van der Waals surface area contributed by atoms with Gasteiger partial charge in [-0.25, -0.2) is 4.98 Å². The van der Waals surface area contributed by atoms with Gasteiger partial charge in [0.05, 0.1) is 38.1 Å². The maximum absolute atomic E-state index is 13.8. The van der Waals surface area contributed by atoms with Crippen LogP contribution in [0.3, 0.4) is 0 Å². The molecule has 0 aliphatic carbocycles. The van der Waals surface area contributed by atoms with E-state index in [2.05, 4.69) is 4.98 Å². The summed E-state index contributed by atoms with van der Waals surface area (Å²) in [6.45, 7) is 4.96. The number of nitrogens with one attached hydrogen (secondary N) is 1. The molecule has 1 amide bonds. The van der Waals surface area contributed by atoms with E-state index in [1.54, 1.807) is 22.4 Å². The third kappa shape index (κ3) is 3.69. The Labute approximate surface area is 187 Å². The highest BCUT2D eigenvalue weighted by Gasteiger charge is 2.44. The van der Waals surface area contributed by atoms with Gasteiger partial charge in [0, 0.05) is 24.7 Å². The minimum Gasteiger partial charge on any atom is -0.871 e. The third-order valence-electron chi connectivity index (χ3n) is 5.96. The lowest BCUT2D eigenvalue weighted by Gasteiger charge is -2.27. The van der Waals surface area contributed by atoms with Gasteiger partial charge in [-0.2, -0.15) is 0 Å². The zero-order valence-electron chi connectivity index (χ0n) is 18.9. The Kier molecular flexibility index (Phi) is 5.84. The van der Waals surface area contributed by atoms with Crippen LogP contribution in [-0.4, -0.2) is 53.2 Å². The summed E-state index contributed by atoms with van der Waals surface area (Å²) in [5, 5.41) is 13.8. The van der Waals surface area contributed by atoms with Crippen LogP contribution in [0.2, 0.25) is 0 Å². The van der Waals surface area contributed by atoms with Gasteiger partial charge in [-0.3, -0.25) is 9.59 Å². The quantitative estimate of drug-likeness (QED) is 0.353. The molecule has 1 aromatic carbocycles. The Hall–Kier alpha value is -3.45. The minimum absolute atomic E-state index is 0.00445. The van der Waals surface area contributed by atoms with Crippen molar-refractivity contribution in [1.29, 1.82) is 0 Å². The van der Waals surface area contributed by atoms with Gasteiger partial charge in [-0.1, -0.05) is 42.2 Å². The van der Waals surface area contributed by atoms with Crippen molar-refractivity contribution in [1.82, 2.24) is 14.3 Å². The molecule has 0 saturated carbocycles. The molecule has 4 rings (SSSR count). The zero-order chi connectivity index (χ0) is 23.0. The van der Waals surface area contributed by atoms with Gasteiger partial charge in [-0.15, -0.1) is 0 Å². The molecule has 7 heteroatoms. The Balaban J connectivity index is 1.88. The number of carbonyl (C=O) groups excluding carboxylic acids is 2. The number of fused-ring (bicyclic) bond motifs is 1. The van der Waals surface area contributed by atoms with E-state index in [1.807, 2.05) is 63.5 Å². The number of likely N-dealkylation sites (tertiary alicyclic amines) is 1. The first kappa shape index (κ1) is 21.8. The molecule has 1 saturated heterocycles. The lowest BCUT2D eigenvalue weighted by molar-refractivity contribution is -0.858. The second kappa shape index (κ2) is 8.59. The molecule has 7 nitrogen and oxygen atoms in total. The van der Waals surface area contributed by atoms with Crippen LogP contribution in [-0.2, 0) is 9.59 Å². The highest BCUT2D eigenvalue weighted by atomic mass is 16.3. The number of aryl methyl sites for hydroxylation is 2. The number of imidazole rings is 1. The van der Waals surface area contributed by atoms with Crippen LogP contribution in [0.1, 0.15) is 35.0 Å². The largest absolute Gasteiger partial charge is 0.871 e. The summed E-state index contributed by atoms with van der Waals surface area (Å²) >= 11 is 0. The average Bonchev–Trinajstić information content (AvgIpc) is 3.23. The van der Waals surface area contributed by atoms with E-state index >= 15 is 0 Å². The molecule has 3 aromatic rings. The van der Waals surface area contributed by atoms with Crippen molar-refractivity contribution in [3.8, 4) is 0 Å². The van der Waals surface area contributed by atoms with Crippen molar-refractivity contribution < 1.29 is 19.6 Å². The first-order valence-corrected chi connectivity index (χ1v) is 10.9. The van der Waals surface area contributed by atoms with Crippen LogP contribution in [0.5, 0.6) is 0 Å². The first-order chi connectivity index (χ1) is 15.3. The fourth-order valence-corrected chi connectivity index (χ4v) is 4.40. The summed E-state index contributed by atoms with van der Waals surface area (Å²) in [5.74, 6) is -1.77. The molecule has 1 fully saturated rings. The summed E-state index contributed by atoms with van der Waals surface area (Å²) in [7, 11) is 4.09. The van der Waals surface area contributed by atoms with Crippen LogP contribution in [0.4, 0.5) is 0 Å². The van der Waals surface area contributed by atoms with Crippen molar-refractivity contribution in [2.45, 2.75) is 26.3 Å². The molecule has 0 bridgehead atoms. The van der Waals surface area contributed by atoms with Crippen LogP contribution in [0, 0.1) is 13.8 Å². The summed E-state index contributed by atoms with van der Waals surface area (Å²) in [4.78, 5) is 33.6. The minimum atomic E-state index is -0.719. The first-order valence-electron chi connectivity index (χ1n) is 10.9. The number of ketones is 1. The maximum atomic E-state index is 13.8. The number of Topliss-reactive ketones (excluding diaryl/α,β-unsaturated/α-hetero) is 1. The molecular weight excluding hydrogens is 404 g/mol. The van der Waals surface area contributed by atoms with Crippen molar-refractivity contribution in [3.63, 3.8) is 0 Å². The van der Waals surface area contributed by atoms with Gasteiger partial charge < -0.3 is 19.3 Å². The topological polar surface area (TPSA) is 82.2 Å². The summed E-state index contributed by atoms with van der Waals surface area (Å²) in [6, 6.07) is 12.4. The molecule has 2 aromatic heterocycles. The number of hydrogen-bond donors (Lipinski definition) is 1. The van der Waals surface area contributed by atoms with Crippen LogP contribution < -0.4 is 10.0 Å². The zero-order valence-corrected chi connectivity index (χ0v) is 18.9. The lowest BCUT2D eigenvalue weighted by atomic mass is 9.96. The average molecular weight is 433 g/mol. The van der Waals surface area contributed by atoms with E-state index < -0.39 is 23.5 Å². The van der Waals surface area contributed by atoms with E-state index in [4.69, 9.17) is 0 Å². The lowest BCUT2D eigenvalue weighted by Crippen LogP contribution is -3.05. The molecule has 0 spiro atoms. The predicted molar refractivity (Wildman–Crippen MR) is 120 cm³/mol. The number of aromatic nitrogens is 2. The molecule has 32 heavy (non-hydrogen) atoms. The molecule has 3 heterocycles.